The third-order valence-electron chi connectivity index (χ3n) is 13.8. The first-order valence-electron chi connectivity index (χ1n) is 16.5. The molecule has 6 nitrogen and oxygen atoms in total. The molecule has 0 aliphatic heterocycles. The topological polar surface area (TPSA) is 81.7 Å². The predicted molar refractivity (Wildman–Crippen MR) is 164 cm³/mol. The molecule has 0 aromatic carbocycles. The summed E-state index contributed by atoms with van der Waals surface area (Å²) in [6, 6.07) is 0. The molecule has 0 aromatic rings. The first-order valence-corrected chi connectivity index (χ1v) is 16.5. The molecule has 6 heteroatoms. The Balaban J connectivity index is 1.51. The number of amides is 1. The van der Waals surface area contributed by atoms with Crippen LogP contribution in [0.15, 0.2) is 11.6 Å². The molecule has 0 aromatic heterocycles. The molecule has 42 heavy (non-hydrogen) atoms. The predicted octanol–water partition coefficient (Wildman–Crippen LogP) is 7.75. The lowest BCUT2D eigenvalue weighted by atomic mass is 9.33. The maximum atomic E-state index is 14.6. The van der Waals surface area contributed by atoms with Gasteiger partial charge < -0.3 is 4.74 Å². The quantitative estimate of drug-likeness (QED) is 0.271. The number of fused-ring (bicyclic) bond motifs is 7. The van der Waals surface area contributed by atoms with Crippen molar-refractivity contribution in [2.75, 3.05) is 0 Å². The van der Waals surface area contributed by atoms with Crippen LogP contribution in [0.2, 0.25) is 0 Å². The fraction of sp³-hybridized carbons (Fsp3) is 0.861. The second kappa shape index (κ2) is 9.65. The van der Waals surface area contributed by atoms with Crippen molar-refractivity contribution in [1.82, 2.24) is 5.48 Å². The van der Waals surface area contributed by atoms with Crippen LogP contribution in [-0.2, 0) is 24.0 Å². The Morgan fingerprint density at radius 1 is 0.905 bits per heavy atom. The van der Waals surface area contributed by atoms with Crippen LogP contribution in [0.4, 0.5) is 0 Å². The van der Waals surface area contributed by atoms with Crippen molar-refractivity contribution in [3.05, 3.63) is 11.6 Å². The van der Waals surface area contributed by atoms with Gasteiger partial charge in [0.2, 0.25) is 5.91 Å². The highest BCUT2D eigenvalue weighted by atomic mass is 16.7. The molecular weight excluding hydrogens is 526 g/mol. The van der Waals surface area contributed by atoms with E-state index >= 15 is 0 Å². The second-order valence-corrected chi connectivity index (χ2v) is 17.9. The minimum absolute atomic E-state index is 0.0432. The van der Waals surface area contributed by atoms with Crippen LogP contribution in [0.5, 0.6) is 0 Å². The average molecular weight is 584 g/mol. The van der Waals surface area contributed by atoms with Crippen molar-refractivity contribution in [2.45, 2.75) is 146 Å². The Labute approximate surface area is 254 Å². The molecule has 5 aliphatic carbocycles. The van der Waals surface area contributed by atoms with Crippen LogP contribution in [0.1, 0.15) is 134 Å². The van der Waals surface area contributed by atoms with Crippen LogP contribution in [-0.4, -0.2) is 29.4 Å². The number of hydroxylamine groups is 1. The van der Waals surface area contributed by atoms with Crippen LogP contribution in [0, 0.1) is 50.2 Å². The first-order chi connectivity index (χ1) is 19.1. The number of carbonyl (C=O) groups excluding carboxylic acids is 3. The molecule has 5 rings (SSSR count). The molecule has 0 spiro atoms. The Kier molecular flexibility index (Phi) is 7.29. The summed E-state index contributed by atoms with van der Waals surface area (Å²) in [6.07, 6.45) is 10.5. The molecule has 5 aliphatic rings. The summed E-state index contributed by atoms with van der Waals surface area (Å²) in [4.78, 5) is 45.8. The lowest BCUT2D eigenvalue weighted by molar-refractivity contribution is -0.210. The van der Waals surface area contributed by atoms with Crippen molar-refractivity contribution in [3.63, 3.8) is 0 Å². The summed E-state index contributed by atoms with van der Waals surface area (Å²) in [5.41, 5.74) is 2.59. The Bertz CT molecular complexity index is 1200. The van der Waals surface area contributed by atoms with Crippen molar-refractivity contribution in [1.29, 1.82) is 0 Å². The number of carbonyl (C=O) groups is 3. The lowest BCUT2D eigenvalue weighted by Crippen LogP contribution is -2.66. The van der Waals surface area contributed by atoms with E-state index in [2.05, 4.69) is 60.0 Å². The van der Waals surface area contributed by atoms with Crippen LogP contribution in [0.3, 0.4) is 0 Å². The number of nitrogens with one attached hydrogen (secondary N) is 1. The smallest absolute Gasteiger partial charge is 0.302 e. The SMILES string of the molecule is CC(=O)OC1CCC2(C)C(CCC3(C)C2C(=O)C=C2C4CC(C)(C(=O)NOC(C)(C)C)CCC4(C)CCC23C)C1(C)C. The van der Waals surface area contributed by atoms with Gasteiger partial charge in [0.1, 0.15) is 6.10 Å². The second-order valence-electron chi connectivity index (χ2n) is 17.9. The van der Waals surface area contributed by atoms with E-state index in [4.69, 9.17) is 9.57 Å². The van der Waals surface area contributed by atoms with E-state index in [1.807, 2.05) is 20.8 Å². The van der Waals surface area contributed by atoms with Gasteiger partial charge in [-0.2, -0.15) is 0 Å². The van der Waals surface area contributed by atoms with Crippen LogP contribution in [0.25, 0.3) is 0 Å². The van der Waals surface area contributed by atoms with Crippen LogP contribution >= 0.6 is 0 Å². The molecule has 0 saturated heterocycles. The highest BCUT2D eigenvalue weighted by Crippen LogP contribution is 2.75. The van der Waals surface area contributed by atoms with Crippen molar-refractivity contribution < 1.29 is 24.0 Å². The van der Waals surface area contributed by atoms with Crippen LogP contribution < -0.4 is 5.48 Å². The van der Waals surface area contributed by atoms with Gasteiger partial charge in [0.05, 0.1) is 5.60 Å². The fourth-order valence-electron chi connectivity index (χ4n) is 11.1. The molecule has 0 radical (unpaired) electrons. The number of hydrogen-bond acceptors (Lipinski definition) is 5. The largest absolute Gasteiger partial charge is 0.462 e. The number of hydrogen-bond donors (Lipinski definition) is 1. The number of allylic oxidation sites excluding steroid dienone is 2. The van der Waals surface area contributed by atoms with E-state index in [-0.39, 0.29) is 62.7 Å². The molecular formula is C36H57NO5. The highest BCUT2D eigenvalue weighted by Gasteiger charge is 2.70. The molecule has 4 fully saturated rings. The van der Waals surface area contributed by atoms with Gasteiger partial charge in [-0.05, 0) is 118 Å². The molecule has 236 valence electrons. The minimum atomic E-state index is -0.544. The highest BCUT2D eigenvalue weighted by molar-refractivity contribution is 5.95. The van der Waals surface area contributed by atoms with E-state index in [1.165, 1.54) is 12.5 Å². The zero-order chi connectivity index (χ0) is 31.3. The van der Waals surface area contributed by atoms with Gasteiger partial charge in [0.15, 0.2) is 5.78 Å². The third kappa shape index (κ3) is 4.55. The Morgan fingerprint density at radius 2 is 1.55 bits per heavy atom. The monoisotopic (exact) mass is 583 g/mol. The summed E-state index contributed by atoms with van der Waals surface area (Å²) < 4.78 is 5.86. The van der Waals surface area contributed by atoms with E-state index in [0.29, 0.717) is 5.92 Å². The molecule has 0 bridgehead atoms. The van der Waals surface area contributed by atoms with E-state index in [0.717, 1.165) is 57.8 Å². The molecule has 9 atom stereocenters. The lowest BCUT2D eigenvalue weighted by Gasteiger charge is -2.70. The standard InChI is InChI=1S/C36H57NO5/c1-22(38)41-27-13-14-34(9)26(31(27,5)6)12-15-36(11)28(34)25(39)20-23-24-21-33(8,29(40)37-42-30(2,3)4)17-16-32(24,7)18-19-35(23,36)10/h20,24,26-28H,12-19,21H2,1-11H3,(H,37,40). The molecule has 4 saturated carbocycles. The van der Waals surface area contributed by atoms with E-state index in [9.17, 15) is 14.4 Å². The van der Waals surface area contributed by atoms with Gasteiger partial charge in [0.25, 0.3) is 0 Å². The Hall–Kier alpha value is -1.69. The third-order valence-corrected chi connectivity index (χ3v) is 13.8. The zero-order valence-electron chi connectivity index (χ0n) is 28.3. The molecule has 0 heterocycles. The van der Waals surface area contributed by atoms with Gasteiger partial charge in [-0.3, -0.25) is 19.2 Å². The number of ether oxygens (including phenoxy) is 1. The average Bonchev–Trinajstić information content (AvgIpc) is 2.86. The van der Waals surface area contributed by atoms with Gasteiger partial charge in [-0.25, -0.2) is 5.48 Å². The van der Waals surface area contributed by atoms with Gasteiger partial charge in [0, 0.05) is 23.7 Å². The van der Waals surface area contributed by atoms with Crippen molar-refractivity contribution in [2.24, 2.45) is 50.2 Å². The van der Waals surface area contributed by atoms with E-state index in [1.54, 1.807) is 0 Å². The number of rotatable bonds is 3. The van der Waals surface area contributed by atoms with Crippen molar-refractivity contribution in [3.8, 4) is 0 Å². The maximum Gasteiger partial charge on any atom is 0.302 e. The Morgan fingerprint density at radius 3 is 2.17 bits per heavy atom. The zero-order valence-corrected chi connectivity index (χ0v) is 28.3. The molecule has 1 N–H and O–H groups in total. The van der Waals surface area contributed by atoms with Gasteiger partial charge in [-0.15, -0.1) is 0 Å². The number of esters is 1. The summed E-state index contributed by atoms with van der Waals surface area (Å²) in [6.45, 7) is 23.6. The molecule has 9 unspecified atom stereocenters. The van der Waals surface area contributed by atoms with Gasteiger partial charge >= 0.3 is 5.97 Å². The van der Waals surface area contributed by atoms with E-state index < -0.39 is 11.0 Å². The first kappa shape index (κ1) is 31.7. The van der Waals surface area contributed by atoms with Crippen molar-refractivity contribution >= 4 is 17.7 Å². The molecule has 1 amide bonds. The number of ketones is 1. The normalized spacial score (nSPS) is 46.3. The summed E-state index contributed by atoms with van der Waals surface area (Å²) in [5, 5.41) is 0. The van der Waals surface area contributed by atoms with Gasteiger partial charge in [-0.1, -0.05) is 54.0 Å². The summed E-state index contributed by atoms with van der Waals surface area (Å²) in [7, 11) is 0. The summed E-state index contributed by atoms with van der Waals surface area (Å²) in [5.74, 6) is 0.475. The maximum absolute atomic E-state index is 14.6. The minimum Gasteiger partial charge on any atom is -0.462 e. The summed E-state index contributed by atoms with van der Waals surface area (Å²) >= 11 is 0. The fourth-order valence-corrected chi connectivity index (χ4v) is 11.1.